The molecule has 0 aliphatic rings. The number of halogens is 2. The first-order chi connectivity index (χ1) is 15.2. The average molecular weight is 586 g/mol. The van der Waals surface area contributed by atoms with Crippen molar-refractivity contribution in [3.63, 3.8) is 0 Å². The van der Waals surface area contributed by atoms with E-state index in [1.807, 2.05) is 38.1 Å². The molecule has 0 saturated carbocycles. The van der Waals surface area contributed by atoms with Gasteiger partial charge in [0.05, 0.1) is 13.1 Å². The topological polar surface area (TPSA) is 65.2 Å². The molecule has 0 aliphatic heterocycles. The van der Waals surface area contributed by atoms with Gasteiger partial charge in [0.15, 0.2) is 0 Å². The van der Waals surface area contributed by atoms with E-state index < -0.39 is 20.8 Å². The molecular formula is C27H39Cl2N2O2Zr-. The van der Waals surface area contributed by atoms with Crippen molar-refractivity contribution < 1.29 is 31.1 Å². The SMILES string of the molecule is Cc1cc(C=NCCN=Cc2cc(C)cc(C(C)(C)C)c2O)c(O)c(C(C)(C)C)c1.[CH3-].[Cl][Zr][Cl]. The Kier molecular flexibility index (Phi) is 13.9. The van der Waals surface area contributed by atoms with Gasteiger partial charge in [-0.2, -0.15) is 0 Å². The minimum atomic E-state index is -0.826. The first-order valence-corrected chi connectivity index (χ1v) is 17.2. The van der Waals surface area contributed by atoms with Crippen molar-refractivity contribution in [2.45, 2.75) is 66.2 Å². The minimum absolute atomic E-state index is 0. The zero-order chi connectivity index (χ0) is 25.4. The average Bonchev–Trinajstić information content (AvgIpc) is 2.67. The van der Waals surface area contributed by atoms with E-state index in [1.165, 1.54) is 0 Å². The fourth-order valence-corrected chi connectivity index (χ4v) is 3.40. The van der Waals surface area contributed by atoms with Crippen LogP contribution < -0.4 is 0 Å². The molecule has 34 heavy (non-hydrogen) atoms. The summed E-state index contributed by atoms with van der Waals surface area (Å²) in [7, 11) is 9.87. The number of aromatic hydroxyl groups is 2. The summed E-state index contributed by atoms with van der Waals surface area (Å²) in [6.45, 7) is 17.6. The molecule has 2 aromatic rings. The van der Waals surface area contributed by atoms with Crippen LogP contribution in [0, 0.1) is 21.3 Å². The number of phenols is 2. The van der Waals surface area contributed by atoms with Crippen LogP contribution in [0.4, 0.5) is 0 Å². The van der Waals surface area contributed by atoms with Crippen LogP contribution >= 0.6 is 17.0 Å². The van der Waals surface area contributed by atoms with E-state index in [4.69, 9.17) is 17.0 Å². The van der Waals surface area contributed by atoms with Gasteiger partial charge in [-0.25, -0.2) is 0 Å². The molecule has 0 radical (unpaired) electrons. The standard InChI is InChI=1S/C26H36N2O2.CH3.2ClH.Zr/c1-17-11-19(23(29)21(13-17)25(3,4)5)15-27-9-10-28-16-20-12-18(2)14-22(24(20)30)26(6,7)8;;;;/h11-16,29-30H,9-10H2,1-8H3;1H3;2*1H;/q;-1;;;+2/p-2. The Balaban J connectivity index is 0.00000258. The fourth-order valence-electron chi connectivity index (χ4n) is 3.40. The van der Waals surface area contributed by atoms with Gasteiger partial charge >= 0.3 is 37.9 Å². The maximum absolute atomic E-state index is 10.6. The molecule has 0 fully saturated rings. The number of rotatable bonds is 5. The molecule has 188 valence electrons. The van der Waals surface area contributed by atoms with Crippen molar-refractivity contribution in [3.8, 4) is 11.5 Å². The second-order valence-corrected chi connectivity index (χ2v) is 13.9. The molecule has 0 heterocycles. The van der Waals surface area contributed by atoms with Crippen LogP contribution in [0.5, 0.6) is 11.5 Å². The molecule has 2 rings (SSSR count). The number of hydrogen-bond acceptors (Lipinski definition) is 4. The number of nitrogens with zero attached hydrogens (tertiary/aromatic N) is 2. The van der Waals surface area contributed by atoms with Crippen molar-refractivity contribution in [2.75, 3.05) is 13.1 Å². The third-order valence-electron chi connectivity index (χ3n) is 5.00. The Morgan fingerprint density at radius 1 is 0.735 bits per heavy atom. The van der Waals surface area contributed by atoms with Gasteiger partial charge in [0, 0.05) is 34.7 Å². The van der Waals surface area contributed by atoms with Gasteiger partial charge in [-0.15, -0.1) is 0 Å². The molecule has 2 N–H and O–H groups in total. The molecule has 0 atom stereocenters. The number of benzene rings is 2. The summed E-state index contributed by atoms with van der Waals surface area (Å²) in [5, 5.41) is 21.2. The van der Waals surface area contributed by atoms with Crippen LogP contribution in [0.3, 0.4) is 0 Å². The predicted molar refractivity (Wildman–Crippen MR) is 146 cm³/mol. The molecular weight excluding hydrogens is 546 g/mol. The molecule has 7 heteroatoms. The van der Waals surface area contributed by atoms with Gasteiger partial charge in [-0.3, -0.25) is 9.98 Å². The summed E-state index contributed by atoms with van der Waals surface area (Å²) in [6.07, 6.45) is 3.43. The van der Waals surface area contributed by atoms with E-state index in [-0.39, 0.29) is 18.3 Å². The van der Waals surface area contributed by atoms with Crippen molar-refractivity contribution in [3.05, 3.63) is 65.1 Å². The Labute approximate surface area is 225 Å². The van der Waals surface area contributed by atoms with E-state index in [1.54, 1.807) is 12.4 Å². The van der Waals surface area contributed by atoms with Gasteiger partial charge in [-0.05, 0) is 47.9 Å². The molecule has 2 aromatic carbocycles. The van der Waals surface area contributed by atoms with Crippen molar-refractivity contribution in [1.29, 1.82) is 0 Å². The maximum atomic E-state index is 10.6. The zero-order valence-corrected chi connectivity index (χ0v) is 25.9. The van der Waals surface area contributed by atoms with Gasteiger partial charge in [-0.1, -0.05) is 53.7 Å². The van der Waals surface area contributed by atoms with Crippen LogP contribution in [0.25, 0.3) is 0 Å². The molecule has 4 nitrogen and oxygen atoms in total. The molecule has 0 unspecified atom stereocenters. The van der Waals surface area contributed by atoms with Crippen LogP contribution in [-0.2, 0) is 31.7 Å². The predicted octanol–water partition coefficient (Wildman–Crippen LogP) is 7.67. The fraction of sp³-hybridized carbons (Fsp3) is 0.444. The molecule has 0 saturated heterocycles. The van der Waals surface area contributed by atoms with E-state index in [9.17, 15) is 10.2 Å². The molecule has 0 amide bonds. The second kappa shape index (κ2) is 14.4. The summed E-state index contributed by atoms with van der Waals surface area (Å²) in [5.41, 5.74) is 5.24. The third kappa shape index (κ3) is 10.2. The Hall–Kier alpha value is -1.16. The number of phenolic OH excluding ortho intramolecular Hbond substituents is 2. The normalized spacial score (nSPS) is 11.8. The van der Waals surface area contributed by atoms with Crippen LogP contribution in [0.2, 0.25) is 0 Å². The molecule has 0 aromatic heterocycles. The Morgan fingerprint density at radius 3 is 1.29 bits per heavy atom. The summed E-state index contributed by atoms with van der Waals surface area (Å²) < 4.78 is 0. The van der Waals surface area contributed by atoms with E-state index in [0.717, 1.165) is 33.4 Å². The van der Waals surface area contributed by atoms with Crippen LogP contribution in [0.1, 0.15) is 74.9 Å². The van der Waals surface area contributed by atoms with Crippen molar-refractivity contribution in [1.82, 2.24) is 0 Å². The number of hydrogen-bond donors (Lipinski definition) is 2. The Morgan fingerprint density at radius 2 is 1.03 bits per heavy atom. The molecule has 0 bridgehead atoms. The van der Waals surface area contributed by atoms with Crippen molar-refractivity contribution in [2.24, 2.45) is 9.98 Å². The van der Waals surface area contributed by atoms with Gasteiger partial charge in [0.2, 0.25) is 0 Å². The second-order valence-electron chi connectivity index (χ2n) is 10.1. The summed E-state index contributed by atoms with van der Waals surface area (Å²) >= 11 is -0.826. The van der Waals surface area contributed by atoms with E-state index >= 15 is 0 Å². The quantitative estimate of drug-likeness (QED) is 0.215. The first kappa shape index (κ1) is 32.8. The first-order valence-electron chi connectivity index (χ1n) is 10.9. The zero-order valence-electron chi connectivity index (χ0n) is 21.9. The van der Waals surface area contributed by atoms with E-state index in [0.29, 0.717) is 24.6 Å². The number of aryl methyl sites for hydroxylation is 2. The van der Waals surface area contributed by atoms with Gasteiger partial charge < -0.3 is 17.6 Å². The molecule has 0 aliphatic carbocycles. The third-order valence-corrected chi connectivity index (χ3v) is 5.00. The summed E-state index contributed by atoms with van der Waals surface area (Å²) in [6, 6.07) is 7.93. The summed E-state index contributed by atoms with van der Waals surface area (Å²) in [4.78, 5) is 8.87. The van der Waals surface area contributed by atoms with E-state index in [2.05, 4.69) is 51.5 Å². The molecule has 0 spiro atoms. The number of aliphatic imine (C=N–C) groups is 2. The summed E-state index contributed by atoms with van der Waals surface area (Å²) in [5.74, 6) is 0.583. The monoisotopic (exact) mass is 583 g/mol. The van der Waals surface area contributed by atoms with Crippen molar-refractivity contribution >= 4 is 29.5 Å². The van der Waals surface area contributed by atoms with Gasteiger partial charge in [0.25, 0.3) is 0 Å². The van der Waals surface area contributed by atoms with Crippen LogP contribution in [-0.4, -0.2) is 35.7 Å². The van der Waals surface area contributed by atoms with Gasteiger partial charge in [0.1, 0.15) is 11.5 Å². The van der Waals surface area contributed by atoms with Crippen LogP contribution in [0.15, 0.2) is 34.3 Å². The Bertz CT molecular complexity index is 912.